The quantitative estimate of drug-likeness (QED) is 0.509. The molecule has 3 aromatic rings. The van der Waals surface area contributed by atoms with Crippen LogP contribution in [0, 0.1) is 0 Å². The Hall–Kier alpha value is -2.58. The van der Waals surface area contributed by atoms with Crippen LogP contribution < -0.4 is 10.1 Å². The lowest BCUT2D eigenvalue weighted by molar-refractivity contribution is 0.396. The highest BCUT2D eigenvalue weighted by Crippen LogP contribution is 2.29. The molecule has 3 rings (SSSR count). The molecule has 140 valence electrons. The molecular weight excluding hydrogens is 330 g/mol. The molecule has 0 aromatic heterocycles. The van der Waals surface area contributed by atoms with E-state index in [2.05, 4.69) is 85.0 Å². The Bertz CT molecular complexity index is 761. The largest absolute Gasteiger partial charge is 0.496 e. The third-order valence-corrected chi connectivity index (χ3v) is 5.15. The first-order chi connectivity index (χ1) is 13.3. The van der Waals surface area contributed by atoms with Crippen LogP contribution in [0.3, 0.4) is 0 Å². The summed E-state index contributed by atoms with van der Waals surface area (Å²) in [4.78, 5) is 0. The van der Waals surface area contributed by atoms with Crippen LogP contribution in [0.25, 0.3) is 0 Å². The molecule has 0 aliphatic heterocycles. The van der Waals surface area contributed by atoms with E-state index in [-0.39, 0.29) is 0 Å². The van der Waals surface area contributed by atoms with E-state index in [0.717, 1.165) is 25.1 Å². The molecule has 0 amide bonds. The van der Waals surface area contributed by atoms with Crippen molar-refractivity contribution in [3.8, 4) is 5.75 Å². The van der Waals surface area contributed by atoms with Gasteiger partial charge in [0.2, 0.25) is 0 Å². The average Bonchev–Trinajstić information content (AvgIpc) is 2.75. The van der Waals surface area contributed by atoms with Crippen LogP contribution in [-0.2, 0) is 0 Å². The summed E-state index contributed by atoms with van der Waals surface area (Å²) < 4.78 is 5.55. The fraction of sp³-hybridized carbons (Fsp3) is 0.280. The smallest absolute Gasteiger partial charge is 0.123 e. The maximum atomic E-state index is 5.55. The molecule has 0 bridgehead atoms. The first-order valence-electron chi connectivity index (χ1n) is 9.79. The Balaban J connectivity index is 1.72. The summed E-state index contributed by atoms with van der Waals surface area (Å²) >= 11 is 0. The summed E-state index contributed by atoms with van der Waals surface area (Å²) in [6, 6.07) is 30.2. The van der Waals surface area contributed by atoms with Gasteiger partial charge in [0, 0.05) is 17.5 Å². The van der Waals surface area contributed by atoms with Gasteiger partial charge in [-0.3, -0.25) is 0 Å². The van der Waals surface area contributed by atoms with Crippen molar-refractivity contribution in [3.05, 3.63) is 102 Å². The number of ether oxygens (including phenoxy) is 1. The van der Waals surface area contributed by atoms with Gasteiger partial charge >= 0.3 is 0 Å². The van der Waals surface area contributed by atoms with Gasteiger partial charge in [0.1, 0.15) is 5.75 Å². The second-order valence-corrected chi connectivity index (χ2v) is 6.82. The number of hydrogen-bond acceptors (Lipinski definition) is 2. The van der Waals surface area contributed by atoms with Crippen molar-refractivity contribution in [2.45, 2.75) is 31.7 Å². The summed E-state index contributed by atoms with van der Waals surface area (Å²) in [5.41, 5.74) is 3.98. The van der Waals surface area contributed by atoms with Gasteiger partial charge in [-0.2, -0.15) is 0 Å². The van der Waals surface area contributed by atoms with E-state index in [1.54, 1.807) is 7.11 Å². The zero-order valence-corrected chi connectivity index (χ0v) is 16.3. The first-order valence-corrected chi connectivity index (χ1v) is 9.79. The van der Waals surface area contributed by atoms with Crippen molar-refractivity contribution in [1.82, 2.24) is 5.32 Å². The van der Waals surface area contributed by atoms with Crippen LogP contribution in [0.5, 0.6) is 5.75 Å². The van der Waals surface area contributed by atoms with Crippen molar-refractivity contribution in [3.63, 3.8) is 0 Å². The minimum absolute atomic E-state index is 0.299. The topological polar surface area (TPSA) is 21.3 Å². The monoisotopic (exact) mass is 359 g/mol. The van der Waals surface area contributed by atoms with Crippen molar-refractivity contribution in [1.29, 1.82) is 0 Å². The maximum absolute atomic E-state index is 5.55. The number of nitrogens with one attached hydrogen (secondary N) is 1. The van der Waals surface area contributed by atoms with E-state index < -0.39 is 0 Å². The second kappa shape index (κ2) is 9.94. The number of benzene rings is 3. The second-order valence-electron chi connectivity index (χ2n) is 6.82. The molecule has 0 aliphatic rings. The number of para-hydroxylation sites is 1. The minimum Gasteiger partial charge on any atom is -0.496 e. The molecule has 0 saturated carbocycles. The summed E-state index contributed by atoms with van der Waals surface area (Å²) in [5.74, 6) is 1.36. The van der Waals surface area contributed by atoms with Gasteiger partial charge in [0.25, 0.3) is 0 Å². The van der Waals surface area contributed by atoms with Crippen molar-refractivity contribution >= 4 is 0 Å². The Morgan fingerprint density at radius 1 is 0.778 bits per heavy atom. The predicted molar refractivity (Wildman–Crippen MR) is 113 cm³/mol. The van der Waals surface area contributed by atoms with Gasteiger partial charge in [-0.25, -0.2) is 0 Å². The normalized spacial score (nSPS) is 12.1. The molecule has 2 heteroatoms. The van der Waals surface area contributed by atoms with E-state index in [4.69, 9.17) is 4.74 Å². The Morgan fingerprint density at radius 3 is 1.89 bits per heavy atom. The highest BCUT2D eigenvalue weighted by atomic mass is 16.5. The van der Waals surface area contributed by atoms with E-state index in [1.165, 1.54) is 16.7 Å². The molecule has 0 heterocycles. The lowest BCUT2D eigenvalue weighted by atomic mass is 9.88. The summed E-state index contributed by atoms with van der Waals surface area (Å²) in [6.45, 7) is 3.17. The highest BCUT2D eigenvalue weighted by molar-refractivity contribution is 5.36. The predicted octanol–water partition coefficient (Wildman–Crippen LogP) is 5.96. The van der Waals surface area contributed by atoms with Gasteiger partial charge in [-0.15, -0.1) is 0 Å². The molecule has 0 saturated heterocycles. The van der Waals surface area contributed by atoms with Crippen LogP contribution >= 0.6 is 0 Å². The minimum atomic E-state index is 0.299. The molecule has 3 aromatic carbocycles. The first kappa shape index (κ1) is 19.2. The van der Waals surface area contributed by atoms with Crippen molar-refractivity contribution < 1.29 is 4.74 Å². The lowest BCUT2D eigenvalue weighted by Crippen LogP contribution is -2.24. The summed E-state index contributed by atoms with van der Waals surface area (Å²) in [5, 5.41) is 3.75. The van der Waals surface area contributed by atoms with E-state index in [1.807, 2.05) is 12.1 Å². The Kier molecular flexibility index (Phi) is 7.06. The number of rotatable bonds is 9. The molecule has 0 spiro atoms. The van der Waals surface area contributed by atoms with Crippen LogP contribution in [0.1, 0.15) is 48.4 Å². The molecule has 0 radical (unpaired) electrons. The number of methoxy groups -OCH3 is 1. The molecule has 2 nitrogen and oxygen atoms in total. The fourth-order valence-corrected chi connectivity index (χ4v) is 3.73. The molecular formula is C25H29NO. The molecule has 27 heavy (non-hydrogen) atoms. The van der Waals surface area contributed by atoms with Crippen LogP contribution in [0.4, 0.5) is 0 Å². The third kappa shape index (κ3) is 4.99. The maximum Gasteiger partial charge on any atom is 0.123 e. The number of hydrogen-bond donors (Lipinski definition) is 1. The van der Waals surface area contributed by atoms with E-state index in [0.29, 0.717) is 12.0 Å². The standard InChI is InChI=1S/C25H29NO/c1-3-24(23-16-10-11-17-25(23)27-2)26-19-18-22(20-12-6-4-7-13-20)21-14-8-5-9-15-21/h4-17,22,24,26H,3,18-19H2,1-2H3. The molecule has 1 atom stereocenters. The molecule has 0 fully saturated rings. The Morgan fingerprint density at radius 2 is 1.33 bits per heavy atom. The zero-order valence-electron chi connectivity index (χ0n) is 16.3. The summed E-state index contributed by atoms with van der Waals surface area (Å²) in [7, 11) is 1.74. The van der Waals surface area contributed by atoms with Crippen LogP contribution in [-0.4, -0.2) is 13.7 Å². The third-order valence-electron chi connectivity index (χ3n) is 5.15. The lowest BCUT2D eigenvalue weighted by Gasteiger charge is -2.23. The SMILES string of the molecule is CCC(NCCC(c1ccccc1)c1ccccc1)c1ccccc1OC. The highest BCUT2D eigenvalue weighted by Gasteiger charge is 2.17. The Labute approximate surface area is 163 Å². The zero-order chi connectivity index (χ0) is 18.9. The van der Waals surface area contributed by atoms with Gasteiger partial charge in [-0.1, -0.05) is 85.8 Å². The van der Waals surface area contributed by atoms with Gasteiger partial charge in [0.15, 0.2) is 0 Å². The fourth-order valence-electron chi connectivity index (χ4n) is 3.73. The molecule has 1 unspecified atom stereocenters. The van der Waals surface area contributed by atoms with Crippen molar-refractivity contribution in [2.24, 2.45) is 0 Å². The van der Waals surface area contributed by atoms with Crippen LogP contribution in [0.15, 0.2) is 84.9 Å². The molecule has 0 aliphatic carbocycles. The van der Waals surface area contributed by atoms with Gasteiger partial charge in [-0.05, 0) is 36.6 Å². The average molecular weight is 360 g/mol. The summed E-state index contributed by atoms with van der Waals surface area (Å²) in [6.07, 6.45) is 2.08. The van der Waals surface area contributed by atoms with Crippen LogP contribution in [0.2, 0.25) is 0 Å². The van der Waals surface area contributed by atoms with Crippen molar-refractivity contribution in [2.75, 3.05) is 13.7 Å². The van der Waals surface area contributed by atoms with Gasteiger partial charge < -0.3 is 10.1 Å². The van der Waals surface area contributed by atoms with E-state index >= 15 is 0 Å². The van der Waals surface area contributed by atoms with E-state index in [9.17, 15) is 0 Å². The van der Waals surface area contributed by atoms with Gasteiger partial charge in [0.05, 0.1) is 7.11 Å². The molecule has 1 N–H and O–H groups in total.